The molecule has 128 valence electrons. The zero-order chi connectivity index (χ0) is 17.8. The maximum atomic E-state index is 6.05. The van der Waals surface area contributed by atoms with E-state index >= 15 is 0 Å². The molecule has 3 aromatic rings. The summed E-state index contributed by atoms with van der Waals surface area (Å²) in [5.41, 5.74) is 5.25. The van der Waals surface area contributed by atoms with Crippen LogP contribution in [0, 0.1) is 6.92 Å². The highest BCUT2D eigenvalue weighted by molar-refractivity contribution is 6.30. The zero-order valence-electron chi connectivity index (χ0n) is 14.4. The molecule has 25 heavy (non-hydrogen) atoms. The quantitative estimate of drug-likeness (QED) is 0.495. The van der Waals surface area contributed by atoms with Gasteiger partial charge in [0.1, 0.15) is 0 Å². The Hall–Kier alpha value is -1.90. The van der Waals surface area contributed by atoms with E-state index in [1.165, 1.54) is 5.56 Å². The summed E-state index contributed by atoms with van der Waals surface area (Å²) in [6.07, 6.45) is 3.23. The van der Waals surface area contributed by atoms with Crippen LogP contribution in [0.25, 0.3) is 22.6 Å². The maximum absolute atomic E-state index is 6.05. The number of aromatic nitrogens is 2. The number of aryl methyl sites for hydroxylation is 1. The van der Waals surface area contributed by atoms with Gasteiger partial charge in [-0.3, -0.25) is 0 Å². The van der Waals surface area contributed by atoms with Gasteiger partial charge in [-0.2, -0.15) is 0 Å². The standard InChI is InChI=1S/C21H20Cl2N2/c1-3-4-5-19-14(2)24-21(16-8-12-18(23)13-9-16)25-20(19)15-6-10-17(22)11-7-15/h6-13H,3-5H2,1-2H3. The van der Waals surface area contributed by atoms with Crippen LogP contribution in [-0.4, -0.2) is 9.97 Å². The third-order valence-corrected chi connectivity index (χ3v) is 4.72. The van der Waals surface area contributed by atoms with Crippen molar-refractivity contribution in [2.45, 2.75) is 33.1 Å². The van der Waals surface area contributed by atoms with Crippen molar-refractivity contribution in [3.63, 3.8) is 0 Å². The number of hydrogen-bond donors (Lipinski definition) is 0. The summed E-state index contributed by atoms with van der Waals surface area (Å²) < 4.78 is 0. The van der Waals surface area contributed by atoms with Crippen molar-refractivity contribution in [3.8, 4) is 22.6 Å². The molecule has 0 aliphatic heterocycles. The van der Waals surface area contributed by atoms with Crippen LogP contribution in [0.2, 0.25) is 10.0 Å². The second kappa shape index (κ2) is 7.99. The van der Waals surface area contributed by atoms with Gasteiger partial charge in [0.05, 0.1) is 5.69 Å². The summed E-state index contributed by atoms with van der Waals surface area (Å²) in [4.78, 5) is 9.64. The maximum Gasteiger partial charge on any atom is 0.160 e. The molecular formula is C21H20Cl2N2. The van der Waals surface area contributed by atoms with Crippen molar-refractivity contribution in [1.29, 1.82) is 0 Å². The predicted molar refractivity (Wildman–Crippen MR) is 106 cm³/mol. The molecule has 0 spiro atoms. The molecule has 3 rings (SSSR count). The molecule has 4 heteroatoms. The van der Waals surface area contributed by atoms with E-state index in [0.717, 1.165) is 52.6 Å². The van der Waals surface area contributed by atoms with Crippen molar-refractivity contribution < 1.29 is 0 Å². The van der Waals surface area contributed by atoms with E-state index in [1.807, 2.05) is 48.5 Å². The minimum atomic E-state index is 0.706. The molecule has 0 N–H and O–H groups in total. The number of unbranched alkanes of at least 4 members (excludes halogenated alkanes) is 1. The first-order valence-electron chi connectivity index (χ1n) is 8.48. The van der Waals surface area contributed by atoms with Crippen LogP contribution in [0.3, 0.4) is 0 Å². The van der Waals surface area contributed by atoms with Gasteiger partial charge in [-0.25, -0.2) is 9.97 Å². The molecular weight excluding hydrogens is 351 g/mol. The van der Waals surface area contributed by atoms with Crippen LogP contribution in [0.15, 0.2) is 48.5 Å². The Morgan fingerprint density at radius 2 is 1.36 bits per heavy atom. The molecule has 1 aromatic heterocycles. The molecule has 1 heterocycles. The molecule has 0 saturated heterocycles. The lowest BCUT2D eigenvalue weighted by molar-refractivity contribution is 0.783. The fourth-order valence-corrected chi connectivity index (χ4v) is 3.08. The highest BCUT2D eigenvalue weighted by atomic mass is 35.5. The first-order valence-corrected chi connectivity index (χ1v) is 9.23. The lowest BCUT2D eigenvalue weighted by Gasteiger charge is -2.14. The average molecular weight is 371 g/mol. The summed E-state index contributed by atoms with van der Waals surface area (Å²) in [5.74, 6) is 0.722. The number of rotatable bonds is 5. The van der Waals surface area contributed by atoms with Crippen LogP contribution < -0.4 is 0 Å². The fourth-order valence-electron chi connectivity index (χ4n) is 2.82. The molecule has 0 atom stereocenters. The van der Waals surface area contributed by atoms with E-state index in [0.29, 0.717) is 5.02 Å². The van der Waals surface area contributed by atoms with Gasteiger partial charge < -0.3 is 0 Å². The van der Waals surface area contributed by atoms with E-state index in [9.17, 15) is 0 Å². The van der Waals surface area contributed by atoms with Gasteiger partial charge in [-0.15, -0.1) is 0 Å². The summed E-state index contributed by atoms with van der Waals surface area (Å²) in [7, 11) is 0. The lowest BCUT2D eigenvalue weighted by Crippen LogP contribution is -2.03. The summed E-state index contributed by atoms with van der Waals surface area (Å²) >= 11 is 12.1. The molecule has 2 aromatic carbocycles. The Morgan fingerprint density at radius 1 is 0.800 bits per heavy atom. The molecule has 0 amide bonds. The Kier molecular flexibility index (Phi) is 5.72. The van der Waals surface area contributed by atoms with Gasteiger partial charge in [0, 0.05) is 26.9 Å². The largest absolute Gasteiger partial charge is 0.233 e. The number of halogens is 2. The van der Waals surface area contributed by atoms with E-state index < -0.39 is 0 Å². The van der Waals surface area contributed by atoms with Gasteiger partial charge in [0.25, 0.3) is 0 Å². The lowest BCUT2D eigenvalue weighted by atomic mass is 9.99. The highest BCUT2D eigenvalue weighted by Gasteiger charge is 2.14. The third kappa shape index (κ3) is 4.20. The van der Waals surface area contributed by atoms with Crippen LogP contribution in [0.5, 0.6) is 0 Å². The highest BCUT2D eigenvalue weighted by Crippen LogP contribution is 2.29. The molecule has 0 aliphatic rings. The molecule has 0 bridgehead atoms. The van der Waals surface area contributed by atoms with Gasteiger partial charge in [-0.05, 0) is 61.7 Å². The van der Waals surface area contributed by atoms with Crippen LogP contribution in [0.4, 0.5) is 0 Å². The Morgan fingerprint density at radius 3 is 1.92 bits per heavy atom. The van der Waals surface area contributed by atoms with Crippen LogP contribution in [0.1, 0.15) is 31.0 Å². The Labute approximate surface area is 158 Å². The van der Waals surface area contributed by atoms with Gasteiger partial charge in [0.2, 0.25) is 0 Å². The number of hydrogen-bond acceptors (Lipinski definition) is 2. The Bertz CT molecular complexity index is 856. The normalized spacial score (nSPS) is 10.9. The average Bonchev–Trinajstić information content (AvgIpc) is 2.61. The molecule has 2 nitrogen and oxygen atoms in total. The molecule has 0 fully saturated rings. The monoisotopic (exact) mass is 370 g/mol. The minimum absolute atomic E-state index is 0.706. The SMILES string of the molecule is CCCCc1c(C)nc(-c2ccc(Cl)cc2)nc1-c1ccc(Cl)cc1. The molecule has 0 unspecified atom stereocenters. The molecule has 0 radical (unpaired) electrons. The summed E-state index contributed by atoms with van der Waals surface area (Å²) in [5, 5.41) is 1.43. The van der Waals surface area contributed by atoms with E-state index in [4.69, 9.17) is 33.2 Å². The minimum Gasteiger partial charge on any atom is -0.233 e. The van der Waals surface area contributed by atoms with Crippen molar-refractivity contribution in [1.82, 2.24) is 9.97 Å². The smallest absolute Gasteiger partial charge is 0.160 e. The van der Waals surface area contributed by atoms with E-state index in [-0.39, 0.29) is 0 Å². The van der Waals surface area contributed by atoms with Gasteiger partial charge in [-0.1, -0.05) is 48.7 Å². The first kappa shape index (κ1) is 17.9. The second-order valence-electron chi connectivity index (χ2n) is 6.08. The third-order valence-electron chi connectivity index (χ3n) is 4.21. The van der Waals surface area contributed by atoms with E-state index in [2.05, 4.69) is 13.8 Å². The fraction of sp³-hybridized carbons (Fsp3) is 0.238. The van der Waals surface area contributed by atoms with Crippen molar-refractivity contribution in [2.75, 3.05) is 0 Å². The van der Waals surface area contributed by atoms with Crippen molar-refractivity contribution in [2.24, 2.45) is 0 Å². The van der Waals surface area contributed by atoms with Crippen molar-refractivity contribution in [3.05, 3.63) is 69.8 Å². The van der Waals surface area contributed by atoms with Crippen LogP contribution in [-0.2, 0) is 6.42 Å². The van der Waals surface area contributed by atoms with Gasteiger partial charge in [0.15, 0.2) is 5.82 Å². The Balaban J connectivity index is 2.13. The van der Waals surface area contributed by atoms with Gasteiger partial charge >= 0.3 is 0 Å². The van der Waals surface area contributed by atoms with Crippen LogP contribution >= 0.6 is 23.2 Å². The predicted octanol–water partition coefficient (Wildman–Crippen LogP) is 6.77. The first-order chi connectivity index (χ1) is 12.1. The summed E-state index contributed by atoms with van der Waals surface area (Å²) in [6, 6.07) is 15.5. The number of benzene rings is 2. The van der Waals surface area contributed by atoms with Crippen molar-refractivity contribution >= 4 is 23.2 Å². The topological polar surface area (TPSA) is 25.8 Å². The summed E-state index contributed by atoms with van der Waals surface area (Å²) in [6.45, 7) is 4.26. The zero-order valence-corrected chi connectivity index (χ0v) is 15.9. The molecule has 0 saturated carbocycles. The van der Waals surface area contributed by atoms with E-state index in [1.54, 1.807) is 0 Å². The number of nitrogens with zero attached hydrogens (tertiary/aromatic N) is 2. The second-order valence-corrected chi connectivity index (χ2v) is 6.95. The molecule has 0 aliphatic carbocycles.